The summed E-state index contributed by atoms with van der Waals surface area (Å²) in [6.45, 7) is 1.68. The zero-order chi connectivity index (χ0) is 14.6. The lowest BCUT2D eigenvalue weighted by Gasteiger charge is -2.16. The van der Waals surface area contributed by atoms with Crippen molar-refractivity contribution in [1.82, 2.24) is 4.31 Å². The quantitative estimate of drug-likeness (QED) is 0.880. The Bertz CT molecular complexity index is 591. The summed E-state index contributed by atoms with van der Waals surface area (Å²) >= 11 is 0. The van der Waals surface area contributed by atoms with Crippen LogP contribution in [0.3, 0.4) is 0 Å². The van der Waals surface area contributed by atoms with Gasteiger partial charge >= 0.3 is 0 Å². The molecule has 0 bridgehead atoms. The lowest BCUT2D eigenvalue weighted by molar-refractivity contribution is 0.400. The molecule has 6 nitrogen and oxygen atoms in total. The zero-order valence-electron chi connectivity index (χ0n) is 11.3. The van der Waals surface area contributed by atoms with E-state index < -0.39 is 16.1 Å². The minimum Gasteiger partial charge on any atom is -0.495 e. The number of methoxy groups -OCH3 is 1. The molecule has 104 valence electrons. The highest BCUT2D eigenvalue weighted by molar-refractivity contribution is 7.89. The van der Waals surface area contributed by atoms with Gasteiger partial charge in [-0.2, -0.15) is 5.26 Å². The van der Waals surface area contributed by atoms with Gasteiger partial charge in [0.15, 0.2) is 0 Å². The summed E-state index contributed by atoms with van der Waals surface area (Å²) < 4.78 is 30.5. The Kier molecular flexibility index (Phi) is 4.75. The third-order valence-electron chi connectivity index (χ3n) is 2.50. The molecule has 0 heterocycles. The van der Waals surface area contributed by atoms with Gasteiger partial charge in [-0.05, 0) is 25.1 Å². The number of anilines is 1. The molecule has 19 heavy (non-hydrogen) atoms. The van der Waals surface area contributed by atoms with E-state index >= 15 is 0 Å². The first-order valence-electron chi connectivity index (χ1n) is 5.59. The summed E-state index contributed by atoms with van der Waals surface area (Å²) in [5.41, 5.74) is 0.551. The Morgan fingerprint density at radius 1 is 1.42 bits per heavy atom. The molecular weight excluding hydrogens is 266 g/mol. The first kappa shape index (κ1) is 15.3. The fraction of sp³-hybridized carbons (Fsp3) is 0.417. The van der Waals surface area contributed by atoms with E-state index in [0.717, 1.165) is 4.31 Å². The molecule has 0 aliphatic rings. The molecular formula is C12H17N3O3S. The van der Waals surface area contributed by atoms with E-state index in [1.165, 1.54) is 27.3 Å². The molecule has 1 atom stereocenters. The standard InChI is InChI=1S/C12H17N3O3S/c1-9(8-13)14-10-5-6-11(18-4)12(7-10)19(16,17)15(2)3/h5-7,9,14H,1-4H3/t9-/m0/s1. The summed E-state index contributed by atoms with van der Waals surface area (Å²) in [7, 11) is 0.715. The number of nitriles is 1. The fourth-order valence-electron chi connectivity index (χ4n) is 1.45. The van der Waals surface area contributed by atoms with Gasteiger partial charge in [0.1, 0.15) is 16.7 Å². The summed E-state index contributed by atoms with van der Waals surface area (Å²) in [6, 6.07) is 6.29. The molecule has 7 heteroatoms. The van der Waals surface area contributed by atoms with Crippen LogP contribution in [0.25, 0.3) is 0 Å². The van der Waals surface area contributed by atoms with Crippen molar-refractivity contribution < 1.29 is 13.2 Å². The maximum absolute atomic E-state index is 12.2. The van der Waals surface area contributed by atoms with Crippen LogP contribution in [0.1, 0.15) is 6.92 Å². The average Bonchev–Trinajstić information content (AvgIpc) is 2.38. The summed E-state index contributed by atoms with van der Waals surface area (Å²) in [4.78, 5) is 0.0649. The zero-order valence-corrected chi connectivity index (χ0v) is 12.2. The third-order valence-corrected chi connectivity index (χ3v) is 4.34. The number of sulfonamides is 1. The van der Waals surface area contributed by atoms with E-state index in [1.807, 2.05) is 6.07 Å². The van der Waals surface area contributed by atoms with E-state index in [0.29, 0.717) is 5.69 Å². The molecule has 0 aromatic heterocycles. The predicted molar refractivity (Wildman–Crippen MR) is 72.6 cm³/mol. The molecule has 0 aliphatic heterocycles. The lowest BCUT2D eigenvalue weighted by Crippen LogP contribution is -2.23. The molecule has 1 aromatic rings. The van der Waals surface area contributed by atoms with Gasteiger partial charge in [-0.15, -0.1) is 0 Å². The minimum absolute atomic E-state index is 0.0649. The van der Waals surface area contributed by atoms with Gasteiger partial charge in [0.25, 0.3) is 0 Å². The number of ether oxygens (including phenoxy) is 1. The Hall–Kier alpha value is -1.78. The Morgan fingerprint density at radius 2 is 2.05 bits per heavy atom. The fourth-order valence-corrected chi connectivity index (χ4v) is 2.52. The Morgan fingerprint density at radius 3 is 2.53 bits per heavy atom. The van der Waals surface area contributed by atoms with Crippen molar-refractivity contribution in [2.75, 3.05) is 26.5 Å². The van der Waals surface area contributed by atoms with Crippen LogP contribution in [0.4, 0.5) is 5.69 Å². The SMILES string of the molecule is COc1ccc(N[C@@H](C)C#N)cc1S(=O)(=O)N(C)C. The highest BCUT2D eigenvalue weighted by atomic mass is 32.2. The van der Waals surface area contributed by atoms with Gasteiger partial charge < -0.3 is 10.1 Å². The number of hydrogen-bond donors (Lipinski definition) is 1. The molecule has 1 rings (SSSR count). The number of rotatable bonds is 5. The van der Waals surface area contributed by atoms with Crippen LogP contribution in [0.2, 0.25) is 0 Å². The molecule has 0 saturated carbocycles. The monoisotopic (exact) mass is 283 g/mol. The molecule has 0 unspecified atom stereocenters. The van der Waals surface area contributed by atoms with Gasteiger partial charge in [-0.25, -0.2) is 12.7 Å². The Labute approximate surface area is 113 Å². The van der Waals surface area contributed by atoms with E-state index in [2.05, 4.69) is 5.32 Å². The van der Waals surface area contributed by atoms with E-state index in [1.54, 1.807) is 19.1 Å². The van der Waals surface area contributed by atoms with Crippen molar-refractivity contribution in [3.05, 3.63) is 18.2 Å². The van der Waals surface area contributed by atoms with Crippen LogP contribution in [-0.4, -0.2) is 40.0 Å². The number of benzene rings is 1. The van der Waals surface area contributed by atoms with Crippen molar-refractivity contribution >= 4 is 15.7 Å². The second-order valence-corrected chi connectivity index (χ2v) is 6.27. The largest absolute Gasteiger partial charge is 0.495 e. The number of hydrogen-bond acceptors (Lipinski definition) is 5. The predicted octanol–water partition coefficient (Wildman–Crippen LogP) is 1.27. The van der Waals surface area contributed by atoms with Gasteiger partial charge in [0.2, 0.25) is 10.0 Å². The van der Waals surface area contributed by atoms with Gasteiger partial charge in [-0.3, -0.25) is 0 Å². The highest BCUT2D eigenvalue weighted by Crippen LogP contribution is 2.28. The number of nitrogens with one attached hydrogen (secondary N) is 1. The smallest absolute Gasteiger partial charge is 0.246 e. The minimum atomic E-state index is -3.60. The second-order valence-electron chi connectivity index (χ2n) is 4.15. The maximum Gasteiger partial charge on any atom is 0.246 e. The van der Waals surface area contributed by atoms with E-state index in [-0.39, 0.29) is 10.6 Å². The first-order valence-corrected chi connectivity index (χ1v) is 7.03. The van der Waals surface area contributed by atoms with Crippen molar-refractivity contribution in [2.45, 2.75) is 17.9 Å². The van der Waals surface area contributed by atoms with Crippen molar-refractivity contribution in [1.29, 1.82) is 5.26 Å². The number of nitrogens with zero attached hydrogens (tertiary/aromatic N) is 2. The summed E-state index contributed by atoms with van der Waals surface area (Å²) in [5.74, 6) is 0.267. The van der Waals surface area contributed by atoms with Crippen LogP contribution in [-0.2, 0) is 10.0 Å². The molecule has 0 spiro atoms. The first-order chi connectivity index (χ1) is 8.82. The summed E-state index contributed by atoms with van der Waals surface area (Å²) in [5, 5.41) is 11.6. The Balaban J connectivity index is 3.30. The van der Waals surface area contributed by atoms with Crippen LogP contribution >= 0.6 is 0 Å². The molecule has 0 amide bonds. The molecule has 1 aromatic carbocycles. The molecule has 1 N–H and O–H groups in total. The molecule has 0 saturated heterocycles. The normalized spacial score (nSPS) is 12.8. The lowest BCUT2D eigenvalue weighted by atomic mass is 10.2. The highest BCUT2D eigenvalue weighted by Gasteiger charge is 2.22. The summed E-state index contributed by atoms with van der Waals surface area (Å²) in [6.07, 6.45) is 0. The van der Waals surface area contributed by atoms with Crippen LogP contribution < -0.4 is 10.1 Å². The molecule has 0 radical (unpaired) electrons. The topological polar surface area (TPSA) is 82.4 Å². The van der Waals surface area contributed by atoms with Gasteiger partial charge in [-0.1, -0.05) is 0 Å². The van der Waals surface area contributed by atoms with Gasteiger partial charge in [0, 0.05) is 19.8 Å². The van der Waals surface area contributed by atoms with E-state index in [4.69, 9.17) is 10.00 Å². The van der Waals surface area contributed by atoms with Gasteiger partial charge in [0.05, 0.1) is 13.2 Å². The molecule has 0 aliphatic carbocycles. The van der Waals surface area contributed by atoms with Crippen molar-refractivity contribution in [3.8, 4) is 11.8 Å². The maximum atomic E-state index is 12.2. The third kappa shape index (κ3) is 3.36. The second kappa shape index (κ2) is 5.91. The van der Waals surface area contributed by atoms with Crippen LogP contribution in [0.15, 0.2) is 23.1 Å². The molecule has 0 fully saturated rings. The van der Waals surface area contributed by atoms with Crippen LogP contribution in [0, 0.1) is 11.3 Å². The van der Waals surface area contributed by atoms with Crippen molar-refractivity contribution in [3.63, 3.8) is 0 Å². The average molecular weight is 283 g/mol. The van der Waals surface area contributed by atoms with Crippen LogP contribution in [0.5, 0.6) is 5.75 Å². The van der Waals surface area contributed by atoms with Crippen molar-refractivity contribution in [2.24, 2.45) is 0 Å². The van der Waals surface area contributed by atoms with E-state index in [9.17, 15) is 8.42 Å².